The second-order valence-electron chi connectivity index (χ2n) is 36.0. The molecule has 0 N–H and O–H groups in total. The molecule has 0 saturated carbocycles. The molecule has 113 heavy (non-hydrogen) atoms. The molecule has 1 aliphatic carbocycles. The van der Waals surface area contributed by atoms with E-state index < -0.39 is 0 Å². The van der Waals surface area contributed by atoms with Crippen LogP contribution in [0.3, 0.4) is 0 Å². The summed E-state index contributed by atoms with van der Waals surface area (Å²) in [5.74, 6) is -0.150. The molecule has 2 aromatic heterocycles. The molecule has 17 aromatic rings. The quantitative estimate of drug-likeness (QED) is 0.135. The molecule has 15 aromatic carbocycles. The number of nitrogens with zero attached hydrogens (tertiary/aromatic N) is 2. The van der Waals surface area contributed by atoms with E-state index in [4.69, 9.17) is 8.83 Å². The molecular weight excluding hydrogens is 1370 g/mol. The fourth-order valence-corrected chi connectivity index (χ4v) is 18.6. The van der Waals surface area contributed by atoms with Crippen LogP contribution in [0.5, 0.6) is 0 Å². The predicted octanol–water partition coefficient (Wildman–Crippen LogP) is 27.8. The van der Waals surface area contributed by atoms with Gasteiger partial charge in [0.1, 0.15) is 22.3 Å². The number of anilines is 6. The van der Waals surface area contributed by atoms with Crippen molar-refractivity contribution in [3.8, 4) is 66.8 Å². The molecule has 20 rings (SSSR count). The Labute approximate surface area is 664 Å². The zero-order valence-electron chi connectivity index (χ0n) is 66.6. The molecule has 0 radical (unpaired) electrons. The Morgan fingerprint density at radius 3 is 0.947 bits per heavy atom. The van der Waals surface area contributed by atoms with Gasteiger partial charge in [-0.05, 0) is 200 Å². The fourth-order valence-electron chi connectivity index (χ4n) is 18.6. The number of hydrogen-bond donors (Lipinski definition) is 0. The molecule has 0 bridgehead atoms. The Morgan fingerprint density at radius 1 is 0.274 bits per heavy atom. The molecule has 0 amide bonds. The van der Waals surface area contributed by atoms with Gasteiger partial charge in [0.15, 0.2) is 0 Å². The first kappa shape index (κ1) is 69.7. The third-order valence-corrected chi connectivity index (χ3v) is 24.7. The van der Waals surface area contributed by atoms with E-state index in [1.165, 1.54) is 66.5 Å². The van der Waals surface area contributed by atoms with Crippen molar-refractivity contribution < 1.29 is 8.83 Å². The number of hydrogen-bond acceptors (Lipinski definition) is 4. The van der Waals surface area contributed by atoms with Crippen molar-refractivity contribution in [3.05, 3.63) is 366 Å². The van der Waals surface area contributed by atoms with Gasteiger partial charge < -0.3 is 18.6 Å². The maximum Gasteiger partial charge on any atom is 0.252 e. The average molecular weight is 1460 g/mol. The van der Waals surface area contributed by atoms with Gasteiger partial charge >= 0.3 is 0 Å². The van der Waals surface area contributed by atoms with E-state index >= 15 is 0 Å². The Hall–Kier alpha value is -12.4. The summed E-state index contributed by atoms with van der Waals surface area (Å²) in [5.41, 5.74) is 39.0. The number of benzene rings is 15. The topological polar surface area (TPSA) is 32.8 Å². The lowest BCUT2D eigenvalue weighted by Gasteiger charge is -2.46. The monoisotopic (exact) mass is 1460 g/mol. The van der Waals surface area contributed by atoms with E-state index in [9.17, 15) is 0 Å². The minimum atomic E-state index is -0.276. The first-order chi connectivity index (χ1) is 54.5. The van der Waals surface area contributed by atoms with Gasteiger partial charge in [-0.1, -0.05) is 338 Å². The van der Waals surface area contributed by atoms with Gasteiger partial charge in [-0.2, -0.15) is 0 Å². The highest BCUT2D eigenvalue weighted by atomic mass is 16.3. The number of fused-ring (bicyclic) bond motifs is 12. The molecule has 0 saturated heterocycles. The maximum absolute atomic E-state index is 6.59. The largest absolute Gasteiger partial charge is 0.456 e. The molecule has 4 nitrogen and oxygen atoms in total. The van der Waals surface area contributed by atoms with Crippen LogP contribution in [0.4, 0.5) is 34.1 Å². The lowest BCUT2D eigenvalue weighted by molar-refractivity contribution is 0.590. The van der Waals surface area contributed by atoms with E-state index in [-0.39, 0.29) is 34.3 Å². The first-order valence-corrected chi connectivity index (χ1v) is 40.3. The van der Waals surface area contributed by atoms with Crippen molar-refractivity contribution in [1.82, 2.24) is 0 Å². The summed E-state index contributed by atoms with van der Waals surface area (Å²) in [6.45, 7) is 27.5. The highest BCUT2D eigenvalue weighted by Gasteiger charge is 2.47. The summed E-state index contributed by atoms with van der Waals surface area (Å²) >= 11 is 0. The van der Waals surface area contributed by atoms with Crippen molar-refractivity contribution in [1.29, 1.82) is 0 Å². The molecule has 0 spiro atoms. The lowest BCUT2D eigenvalue weighted by Crippen LogP contribution is -2.61. The summed E-state index contributed by atoms with van der Waals surface area (Å²) in [7, 11) is 0. The Morgan fingerprint density at radius 2 is 0.584 bits per heavy atom. The van der Waals surface area contributed by atoms with Crippen molar-refractivity contribution in [2.24, 2.45) is 0 Å². The van der Waals surface area contributed by atoms with Gasteiger partial charge in [0.05, 0.1) is 11.4 Å². The Kier molecular flexibility index (Phi) is 16.1. The molecule has 4 heterocycles. The summed E-state index contributed by atoms with van der Waals surface area (Å²) in [6, 6.07) is 121. The van der Waals surface area contributed by atoms with Crippen molar-refractivity contribution in [2.75, 3.05) is 9.80 Å². The molecule has 2 aliphatic heterocycles. The minimum Gasteiger partial charge on any atom is -0.456 e. The molecule has 3 aliphatic rings. The van der Waals surface area contributed by atoms with Crippen LogP contribution in [0, 0.1) is 0 Å². The van der Waals surface area contributed by atoms with Crippen LogP contribution in [-0.2, 0) is 28.1 Å². The van der Waals surface area contributed by atoms with Crippen LogP contribution < -0.4 is 26.2 Å². The van der Waals surface area contributed by atoms with Crippen LogP contribution in [0.25, 0.3) is 111 Å². The van der Waals surface area contributed by atoms with Crippen LogP contribution in [0.1, 0.15) is 139 Å². The molecule has 0 fully saturated rings. The Balaban J connectivity index is 0.957. The molecule has 548 valence electrons. The van der Waals surface area contributed by atoms with Gasteiger partial charge in [0.2, 0.25) is 0 Å². The van der Waals surface area contributed by atoms with E-state index in [1.807, 2.05) is 0 Å². The van der Waals surface area contributed by atoms with Crippen molar-refractivity contribution in [3.63, 3.8) is 0 Å². The average Bonchev–Trinajstić information content (AvgIpc) is 1.27. The second-order valence-corrected chi connectivity index (χ2v) is 36.0. The smallest absolute Gasteiger partial charge is 0.252 e. The number of furan rings is 2. The van der Waals surface area contributed by atoms with Gasteiger partial charge in [0.25, 0.3) is 6.71 Å². The molecule has 0 unspecified atom stereocenters. The highest BCUT2D eigenvalue weighted by molar-refractivity contribution is 7.00. The third-order valence-electron chi connectivity index (χ3n) is 24.7. The van der Waals surface area contributed by atoms with Crippen LogP contribution in [0.15, 0.2) is 324 Å². The zero-order valence-corrected chi connectivity index (χ0v) is 66.6. The van der Waals surface area contributed by atoms with E-state index in [2.05, 4.69) is 408 Å². The van der Waals surface area contributed by atoms with Crippen molar-refractivity contribution >= 4 is 101 Å². The molecule has 0 atom stereocenters. The summed E-state index contributed by atoms with van der Waals surface area (Å²) in [5, 5.41) is 4.40. The van der Waals surface area contributed by atoms with Crippen LogP contribution in [-0.4, -0.2) is 6.71 Å². The van der Waals surface area contributed by atoms with E-state index in [0.29, 0.717) is 0 Å². The fraction of sp³-hybridized carbons (Fsp3) is 0.167. The summed E-state index contributed by atoms with van der Waals surface area (Å²) in [6.07, 6.45) is 0.853. The lowest BCUT2D eigenvalue weighted by atomic mass is 9.33. The van der Waals surface area contributed by atoms with Gasteiger partial charge in [-0.15, -0.1) is 0 Å². The standard InChI is InChI=1S/C108H91BN2O2/c1-105(2,3)77-47-35-66(36-48-77)83-29-21-30-84(67-37-49-78(50-38-67)106(4,5)6)103(83)110-93-62-72(70-45-57-99-89(60-70)87-27-17-19-33-97(87)112-99)43-55-91(93)109-92-56-44-73(71-46-58-100-90(61-71)88-28-18-20-34-98(88)113-100)63-94(92)111(96-65-76(64-95(110)102(96)109)101-81-25-15-13-23-74(81)59-75-24-14-16-26-82(75)101)104-85(68-39-51-79(52-40-68)107(7,8)9)31-22-32-86(104)69-41-53-80(54-42-69)108(10,11)12/h13-58,60-65,101H,59H2,1-12H3. The first-order valence-electron chi connectivity index (χ1n) is 40.3. The second kappa shape index (κ2) is 26.1. The number of rotatable bonds is 9. The SMILES string of the molecule is CC(C)(C)c1ccc(-c2cccc(-c3ccc(C(C)(C)C)cc3)c2N2c3cc(-c4ccc5oc6ccccc6c5c4)ccc3B3c4ccc(-c5ccc6oc7ccccc7c6c5)cc4N(c4c(-c5ccc(C(C)(C)C)cc5)cccc4-c4ccc(C(C)(C)C)cc4)c4cc(C5c6ccccc6Cc6ccccc65)cc2c43)cc1. The Bertz CT molecular complexity index is 6130. The maximum atomic E-state index is 6.59. The van der Waals surface area contributed by atoms with E-state index in [1.54, 1.807) is 0 Å². The summed E-state index contributed by atoms with van der Waals surface area (Å²) in [4.78, 5) is 5.49. The number of para-hydroxylation sites is 4. The van der Waals surface area contributed by atoms with Crippen molar-refractivity contribution in [2.45, 2.75) is 117 Å². The van der Waals surface area contributed by atoms with Gasteiger partial charge in [0, 0.05) is 72.5 Å². The molecule has 5 heteroatoms. The third kappa shape index (κ3) is 11.8. The van der Waals surface area contributed by atoms with Crippen LogP contribution >= 0.6 is 0 Å². The predicted molar refractivity (Wildman–Crippen MR) is 479 cm³/mol. The minimum absolute atomic E-state index is 0.0632. The molecular formula is C108H91BN2O2. The van der Waals surface area contributed by atoms with Gasteiger partial charge in [-0.3, -0.25) is 0 Å². The van der Waals surface area contributed by atoms with Gasteiger partial charge in [-0.25, -0.2) is 0 Å². The normalized spacial score (nSPS) is 13.5. The van der Waals surface area contributed by atoms with Crippen LogP contribution in [0.2, 0.25) is 0 Å². The summed E-state index contributed by atoms with van der Waals surface area (Å²) < 4.78 is 13.2. The highest BCUT2D eigenvalue weighted by Crippen LogP contribution is 2.56. The van der Waals surface area contributed by atoms with E-state index in [0.717, 1.165) is 151 Å². The zero-order chi connectivity index (χ0) is 77.1.